The summed E-state index contributed by atoms with van der Waals surface area (Å²) < 4.78 is 52.8. The maximum atomic E-state index is 13.6. The lowest BCUT2D eigenvalue weighted by Gasteiger charge is -2.29. The fraction of sp³-hybridized carbons (Fsp3) is 0.500. The molecule has 0 saturated heterocycles. The molecule has 1 aromatic carbocycles. The number of anilines is 1. The van der Waals surface area contributed by atoms with Gasteiger partial charge in [-0.1, -0.05) is 0 Å². The molecule has 3 N–H and O–H groups in total. The summed E-state index contributed by atoms with van der Waals surface area (Å²) in [6, 6.07) is 5.15. The third kappa shape index (κ3) is 5.81. The predicted molar refractivity (Wildman–Crippen MR) is 112 cm³/mol. The van der Waals surface area contributed by atoms with Crippen molar-refractivity contribution in [2.75, 3.05) is 32.1 Å². The molecule has 0 aliphatic rings. The maximum absolute atomic E-state index is 13.6. The Morgan fingerprint density at radius 3 is 2.55 bits per heavy atom. The van der Waals surface area contributed by atoms with Crippen LogP contribution in [0.1, 0.15) is 26.1 Å². The average Bonchev–Trinajstić information content (AvgIpc) is 3.14. The van der Waals surface area contributed by atoms with E-state index < -0.39 is 24.0 Å². The first-order chi connectivity index (χ1) is 14.7. The fourth-order valence-electron chi connectivity index (χ4n) is 2.94. The molecule has 1 atom stereocenters. The van der Waals surface area contributed by atoms with Gasteiger partial charge in [0.1, 0.15) is 5.82 Å². The molecular formula is C20H28F3N5O3. The van der Waals surface area contributed by atoms with Crippen LogP contribution in [0.3, 0.4) is 0 Å². The number of guanidine groups is 1. The minimum Gasteiger partial charge on any atom is -0.493 e. The zero-order chi connectivity index (χ0) is 23.1. The van der Waals surface area contributed by atoms with E-state index >= 15 is 0 Å². The van der Waals surface area contributed by atoms with Gasteiger partial charge in [-0.05, 0) is 26.0 Å². The van der Waals surface area contributed by atoms with Gasteiger partial charge in [0, 0.05) is 50.7 Å². The van der Waals surface area contributed by atoms with E-state index in [1.807, 2.05) is 13.8 Å². The van der Waals surface area contributed by atoms with Crippen LogP contribution in [-0.2, 0) is 12.6 Å². The number of ether oxygens (including phenoxy) is 2. The number of methoxy groups -OCH3 is 1. The van der Waals surface area contributed by atoms with Gasteiger partial charge in [-0.25, -0.2) is 4.98 Å². The summed E-state index contributed by atoms with van der Waals surface area (Å²) in [4.78, 5) is 7.87. The second kappa shape index (κ2) is 10.4. The van der Waals surface area contributed by atoms with Crippen molar-refractivity contribution in [1.82, 2.24) is 14.9 Å². The molecule has 0 aliphatic heterocycles. The summed E-state index contributed by atoms with van der Waals surface area (Å²) in [6.07, 6.45) is -3.04. The van der Waals surface area contributed by atoms with Crippen LogP contribution < -0.4 is 20.1 Å². The Morgan fingerprint density at radius 2 is 2.00 bits per heavy atom. The van der Waals surface area contributed by atoms with Gasteiger partial charge in [0.25, 0.3) is 0 Å². The molecule has 1 unspecified atom stereocenters. The zero-order valence-electron chi connectivity index (χ0n) is 18.0. The van der Waals surface area contributed by atoms with Crippen LogP contribution in [0.5, 0.6) is 11.5 Å². The van der Waals surface area contributed by atoms with Gasteiger partial charge in [0.05, 0.1) is 13.7 Å². The second-order valence-electron chi connectivity index (χ2n) is 6.65. The Labute approximate surface area is 179 Å². The molecule has 11 heteroatoms. The van der Waals surface area contributed by atoms with Gasteiger partial charge in [-0.3, -0.25) is 4.99 Å². The van der Waals surface area contributed by atoms with E-state index in [4.69, 9.17) is 9.47 Å². The van der Waals surface area contributed by atoms with Crippen molar-refractivity contribution in [2.24, 2.45) is 12.0 Å². The number of nitrogens with zero attached hydrogens (tertiary/aromatic N) is 3. The number of nitrogens with one attached hydrogen (secondary N) is 2. The Hall–Kier alpha value is -2.95. The lowest BCUT2D eigenvalue weighted by molar-refractivity contribution is -0.272. The largest absolute Gasteiger partial charge is 0.493 e. The van der Waals surface area contributed by atoms with Crippen molar-refractivity contribution in [3.63, 3.8) is 0 Å². The molecule has 1 aromatic heterocycles. The fourth-order valence-corrected chi connectivity index (χ4v) is 2.94. The first kappa shape index (κ1) is 24.3. The quantitative estimate of drug-likeness (QED) is 0.408. The zero-order valence-corrected chi connectivity index (χ0v) is 18.0. The molecule has 0 aliphatic carbocycles. The second-order valence-corrected chi connectivity index (χ2v) is 6.65. The maximum Gasteiger partial charge on any atom is 0.424 e. The highest BCUT2D eigenvalue weighted by atomic mass is 19.4. The van der Waals surface area contributed by atoms with Crippen LogP contribution in [-0.4, -0.2) is 53.6 Å². The minimum absolute atomic E-state index is 0.262. The molecule has 0 spiro atoms. The molecule has 31 heavy (non-hydrogen) atoms. The molecule has 0 saturated carbocycles. The molecule has 2 aromatic rings. The third-order valence-electron chi connectivity index (χ3n) is 4.47. The summed E-state index contributed by atoms with van der Waals surface area (Å²) >= 11 is 0. The van der Waals surface area contributed by atoms with Crippen LogP contribution in [0.15, 0.2) is 35.6 Å². The van der Waals surface area contributed by atoms with Gasteiger partial charge < -0.3 is 29.8 Å². The smallest absolute Gasteiger partial charge is 0.424 e. The van der Waals surface area contributed by atoms with Crippen molar-refractivity contribution in [3.05, 3.63) is 36.4 Å². The van der Waals surface area contributed by atoms with Gasteiger partial charge >= 0.3 is 6.18 Å². The Balaban J connectivity index is 2.20. The van der Waals surface area contributed by atoms with Gasteiger partial charge in [0.2, 0.25) is 5.60 Å². The van der Waals surface area contributed by atoms with Crippen molar-refractivity contribution in [3.8, 4) is 11.5 Å². The van der Waals surface area contributed by atoms with E-state index in [1.165, 1.54) is 26.6 Å². The first-order valence-electron chi connectivity index (χ1n) is 9.79. The SMILES string of the molecule is CCNC(=NCCC(O)(c1nccn1C)C(F)(F)F)Nc1ccc(OCC)c(OC)c1. The Bertz CT molecular complexity index is 885. The number of imidazole rings is 1. The molecule has 8 nitrogen and oxygen atoms in total. The highest BCUT2D eigenvalue weighted by molar-refractivity contribution is 5.93. The number of alkyl halides is 3. The highest BCUT2D eigenvalue weighted by Crippen LogP contribution is 2.40. The first-order valence-corrected chi connectivity index (χ1v) is 9.79. The van der Waals surface area contributed by atoms with E-state index in [1.54, 1.807) is 18.2 Å². The number of benzene rings is 1. The Kier molecular flexibility index (Phi) is 8.14. The summed E-state index contributed by atoms with van der Waals surface area (Å²) in [6.45, 7) is 4.35. The van der Waals surface area contributed by atoms with Gasteiger partial charge in [-0.2, -0.15) is 13.2 Å². The molecule has 2 rings (SSSR count). The highest BCUT2D eigenvalue weighted by Gasteiger charge is 2.57. The number of rotatable bonds is 9. The number of aromatic nitrogens is 2. The normalized spacial score (nSPS) is 14.1. The molecule has 0 fully saturated rings. The molecule has 0 radical (unpaired) electrons. The summed E-state index contributed by atoms with van der Waals surface area (Å²) in [5.41, 5.74) is -2.51. The topological polar surface area (TPSA) is 92.9 Å². The van der Waals surface area contributed by atoms with E-state index in [2.05, 4.69) is 20.6 Å². The number of aliphatic imine (C=N–C) groups is 1. The predicted octanol–water partition coefficient (Wildman–Crippen LogP) is 3.05. The van der Waals surface area contributed by atoms with Gasteiger partial charge in [-0.15, -0.1) is 0 Å². The van der Waals surface area contributed by atoms with E-state index in [9.17, 15) is 18.3 Å². The standard InChI is InChI=1S/C20H28F3N5O3/c1-5-24-18(27-14-7-8-15(31-6-2)16(13-14)30-4)26-10-9-19(29,20(21,22)23)17-25-11-12-28(17)3/h7-8,11-13,29H,5-6,9-10H2,1-4H3,(H2,24,26,27). The number of hydrogen-bond donors (Lipinski definition) is 3. The van der Waals surface area contributed by atoms with E-state index in [-0.39, 0.29) is 12.5 Å². The van der Waals surface area contributed by atoms with E-state index in [0.717, 1.165) is 4.57 Å². The molecule has 0 bridgehead atoms. The summed E-state index contributed by atoms with van der Waals surface area (Å²) in [7, 11) is 2.91. The summed E-state index contributed by atoms with van der Waals surface area (Å²) in [5.74, 6) is 0.856. The molecule has 0 amide bonds. The van der Waals surface area contributed by atoms with Crippen LogP contribution >= 0.6 is 0 Å². The van der Waals surface area contributed by atoms with E-state index in [0.29, 0.717) is 30.3 Å². The lowest BCUT2D eigenvalue weighted by atomic mass is 9.98. The molecular weight excluding hydrogens is 415 g/mol. The van der Waals surface area contributed by atoms with Crippen LogP contribution in [0, 0.1) is 0 Å². The molecule has 172 valence electrons. The minimum atomic E-state index is -4.91. The lowest BCUT2D eigenvalue weighted by Crippen LogP contribution is -2.45. The number of halogens is 3. The van der Waals surface area contributed by atoms with Crippen LogP contribution in [0.2, 0.25) is 0 Å². The van der Waals surface area contributed by atoms with Crippen molar-refractivity contribution >= 4 is 11.6 Å². The average molecular weight is 443 g/mol. The van der Waals surface area contributed by atoms with Crippen LogP contribution in [0.4, 0.5) is 18.9 Å². The monoisotopic (exact) mass is 443 g/mol. The summed E-state index contributed by atoms with van der Waals surface area (Å²) in [5, 5.41) is 16.4. The van der Waals surface area contributed by atoms with Gasteiger partial charge in [0.15, 0.2) is 17.5 Å². The third-order valence-corrected chi connectivity index (χ3v) is 4.47. The number of aliphatic hydroxyl groups is 1. The van der Waals surface area contributed by atoms with Crippen LogP contribution in [0.25, 0.3) is 0 Å². The van der Waals surface area contributed by atoms with Crippen molar-refractivity contribution in [2.45, 2.75) is 32.0 Å². The molecule has 1 heterocycles. The number of aryl methyl sites for hydroxylation is 1. The van der Waals surface area contributed by atoms with Crippen molar-refractivity contribution in [1.29, 1.82) is 0 Å². The van der Waals surface area contributed by atoms with Crippen molar-refractivity contribution < 1.29 is 27.8 Å². The number of hydrogen-bond acceptors (Lipinski definition) is 5. The Morgan fingerprint density at radius 1 is 1.26 bits per heavy atom.